The number of sulfonamides is 2. The molecule has 15 heteroatoms. The number of ether oxygens (including phenoxy) is 3. The predicted octanol–water partition coefficient (Wildman–Crippen LogP) is 9.49. The molecule has 0 unspecified atom stereocenters. The zero-order valence-electron chi connectivity index (χ0n) is 33.9. The Balaban J connectivity index is 0.000000187. The zero-order valence-corrected chi connectivity index (χ0v) is 35.5. The highest BCUT2D eigenvalue weighted by Crippen LogP contribution is 2.37. The minimum absolute atomic E-state index is 0.0343. The monoisotopic (exact) mass is 870 g/mol. The number of hydrogen-bond acceptors (Lipinski definition) is 11. The summed E-state index contributed by atoms with van der Waals surface area (Å²) in [5.74, 6) is 2.65. The van der Waals surface area contributed by atoms with E-state index < -0.39 is 20.0 Å². The summed E-state index contributed by atoms with van der Waals surface area (Å²) >= 11 is 0. The van der Waals surface area contributed by atoms with Crippen molar-refractivity contribution in [1.82, 2.24) is 9.97 Å². The van der Waals surface area contributed by atoms with Crippen molar-refractivity contribution in [1.29, 1.82) is 0 Å². The fraction of sp³-hybridized carbons (Fsp3) is 0.106. The summed E-state index contributed by atoms with van der Waals surface area (Å²) in [7, 11) is -3.03. The second-order valence-corrected chi connectivity index (χ2v) is 16.9. The maximum absolute atomic E-state index is 12.9. The van der Waals surface area contributed by atoms with Crippen molar-refractivity contribution in [3.05, 3.63) is 187 Å². The third-order valence-corrected chi connectivity index (χ3v) is 12.0. The minimum Gasteiger partial charge on any atom is -0.497 e. The Morgan fingerprint density at radius 2 is 0.871 bits per heavy atom. The number of aromatic nitrogens is 2. The van der Waals surface area contributed by atoms with Gasteiger partial charge in [0.05, 0.1) is 31.1 Å². The van der Waals surface area contributed by atoms with E-state index >= 15 is 0 Å². The van der Waals surface area contributed by atoms with Crippen LogP contribution in [0.25, 0.3) is 22.5 Å². The van der Waals surface area contributed by atoms with Crippen LogP contribution >= 0.6 is 0 Å². The number of methoxy groups -OCH3 is 3. The fourth-order valence-corrected chi connectivity index (χ4v) is 8.28. The molecule has 0 saturated carbocycles. The summed E-state index contributed by atoms with van der Waals surface area (Å²) in [6.45, 7) is 0. The zero-order chi connectivity index (χ0) is 43.5. The molecule has 0 aliphatic heterocycles. The fourth-order valence-electron chi connectivity index (χ4n) is 6.24. The van der Waals surface area contributed by atoms with Crippen LogP contribution < -0.4 is 23.7 Å². The maximum atomic E-state index is 12.9. The molecular formula is C47H42N4O9S2. The smallest absolute Gasteiger partial charge is 0.264 e. The normalized spacial score (nSPS) is 11.2. The van der Waals surface area contributed by atoms with Crippen LogP contribution in [-0.2, 0) is 32.9 Å². The van der Waals surface area contributed by atoms with E-state index in [9.17, 15) is 16.8 Å². The van der Waals surface area contributed by atoms with Crippen molar-refractivity contribution in [2.75, 3.05) is 30.8 Å². The van der Waals surface area contributed by atoms with E-state index in [1.807, 2.05) is 72.8 Å². The number of oxazole rings is 2. The highest BCUT2D eigenvalue weighted by molar-refractivity contribution is 7.93. The van der Waals surface area contributed by atoms with E-state index in [0.717, 1.165) is 11.1 Å². The van der Waals surface area contributed by atoms with Gasteiger partial charge in [-0.2, -0.15) is 0 Å². The highest BCUT2D eigenvalue weighted by atomic mass is 32.2. The first-order valence-corrected chi connectivity index (χ1v) is 22.1. The largest absolute Gasteiger partial charge is 0.497 e. The Morgan fingerprint density at radius 3 is 1.29 bits per heavy atom. The molecule has 0 spiro atoms. The van der Waals surface area contributed by atoms with E-state index in [4.69, 9.17) is 23.0 Å². The van der Waals surface area contributed by atoms with Gasteiger partial charge in [-0.3, -0.25) is 0 Å². The Morgan fingerprint density at radius 1 is 0.468 bits per heavy atom. The van der Waals surface area contributed by atoms with E-state index in [-0.39, 0.29) is 21.6 Å². The molecule has 0 saturated heterocycles. The Hall–Kier alpha value is -7.36. The first-order valence-electron chi connectivity index (χ1n) is 19.1. The average Bonchev–Trinajstić information content (AvgIpc) is 3.89. The van der Waals surface area contributed by atoms with Crippen molar-refractivity contribution >= 4 is 31.8 Å². The van der Waals surface area contributed by atoms with E-state index in [2.05, 4.69) is 19.4 Å². The maximum Gasteiger partial charge on any atom is 0.264 e. The van der Waals surface area contributed by atoms with Crippen LogP contribution in [0.3, 0.4) is 0 Å². The standard InChI is InChI=1S/C24H22N2O5S.C23H20N2O4S/c1-29-20-14-13-18(16-21(20)30-2)23-24(26-32(27,28)19-11-7-4-8-12-19)31-22(25-23)15-17-9-5-3-6-10-17;1-28-19-14-12-18(13-15-19)22-23(25-30(26,27)20-10-6-3-7-11-20)29-21(24-22)16-17-8-4-2-5-9-17/h3-14,16,26H,15H2,1-2H3;2-15,25H,16H2,1H3. The Bertz CT molecular complexity index is 2930. The Kier molecular flexibility index (Phi) is 13.3. The van der Waals surface area contributed by atoms with Gasteiger partial charge in [-0.05, 0) is 77.9 Å². The van der Waals surface area contributed by atoms with Crippen LogP contribution in [0.15, 0.2) is 182 Å². The van der Waals surface area contributed by atoms with Gasteiger partial charge >= 0.3 is 0 Å². The lowest BCUT2D eigenvalue weighted by atomic mass is 10.1. The van der Waals surface area contributed by atoms with Gasteiger partial charge < -0.3 is 23.0 Å². The molecule has 62 heavy (non-hydrogen) atoms. The highest BCUT2D eigenvalue weighted by Gasteiger charge is 2.24. The summed E-state index contributed by atoms with van der Waals surface area (Å²) in [4.78, 5) is 9.44. The summed E-state index contributed by atoms with van der Waals surface area (Å²) in [6, 6.07) is 48.1. The van der Waals surface area contributed by atoms with E-state index in [1.54, 1.807) is 80.9 Å². The lowest BCUT2D eigenvalue weighted by Gasteiger charge is -2.10. The molecule has 0 radical (unpaired) electrons. The number of anilines is 2. The first kappa shape index (κ1) is 42.8. The number of benzene rings is 6. The molecule has 2 N–H and O–H groups in total. The van der Waals surface area contributed by atoms with Crippen LogP contribution in [0.5, 0.6) is 17.2 Å². The third kappa shape index (κ3) is 10.5. The molecule has 0 aliphatic rings. The molecule has 316 valence electrons. The average molecular weight is 871 g/mol. The minimum atomic E-state index is -3.87. The molecule has 2 heterocycles. The van der Waals surface area contributed by atoms with E-state index in [0.29, 0.717) is 64.4 Å². The number of hydrogen-bond donors (Lipinski definition) is 2. The molecule has 0 atom stereocenters. The van der Waals surface area contributed by atoms with Gasteiger partial charge in [-0.15, -0.1) is 0 Å². The van der Waals surface area contributed by atoms with Gasteiger partial charge in [-0.25, -0.2) is 36.2 Å². The first-order chi connectivity index (χ1) is 30.0. The van der Waals surface area contributed by atoms with Crippen molar-refractivity contribution in [2.45, 2.75) is 22.6 Å². The summed E-state index contributed by atoms with van der Waals surface area (Å²) in [5.41, 5.74) is 4.11. The van der Waals surface area contributed by atoms with Crippen molar-refractivity contribution in [2.24, 2.45) is 0 Å². The lowest BCUT2D eigenvalue weighted by molar-refractivity contribution is 0.355. The molecule has 0 fully saturated rings. The van der Waals surface area contributed by atoms with Crippen LogP contribution in [0.4, 0.5) is 11.8 Å². The molecule has 0 bridgehead atoms. The Labute approximate surface area is 360 Å². The second kappa shape index (κ2) is 19.4. The molecule has 6 aromatic carbocycles. The third-order valence-electron chi connectivity index (χ3n) is 9.32. The van der Waals surface area contributed by atoms with Gasteiger partial charge in [0.2, 0.25) is 23.5 Å². The van der Waals surface area contributed by atoms with Gasteiger partial charge in [0.25, 0.3) is 20.0 Å². The summed E-state index contributed by atoms with van der Waals surface area (Å²) in [5, 5.41) is 0. The molecule has 8 rings (SSSR count). The van der Waals surface area contributed by atoms with Crippen LogP contribution in [0, 0.1) is 0 Å². The van der Waals surface area contributed by atoms with Crippen molar-refractivity contribution in [3.63, 3.8) is 0 Å². The van der Waals surface area contributed by atoms with Crippen molar-refractivity contribution < 1.29 is 39.9 Å². The topological polar surface area (TPSA) is 172 Å². The quantitative estimate of drug-likeness (QED) is 0.101. The molecule has 13 nitrogen and oxygen atoms in total. The lowest BCUT2D eigenvalue weighted by Crippen LogP contribution is -2.13. The van der Waals surface area contributed by atoms with Crippen LogP contribution in [0.2, 0.25) is 0 Å². The van der Waals surface area contributed by atoms with Gasteiger partial charge in [-0.1, -0.05) is 97.1 Å². The van der Waals surface area contributed by atoms with E-state index in [1.165, 1.54) is 31.4 Å². The summed E-state index contributed by atoms with van der Waals surface area (Å²) in [6.07, 6.45) is 0.852. The molecule has 2 aromatic heterocycles. The SMILES string of the molecule is COc1ccc(-c2nc(Cc3ccccc3)oc2NS(=O)(=O)c2ccccc2)cc1.COc1ccc(-c2nc(Cc3ccccc3)oc2NS(=O)(=O)c2ccccc2)cc1OC. The summed E-state index contributed by atoms with van der Waals surface area (Å²) < 4.78 is 84.3. The second-order valence-electron chi connectivity index (χ2n) is 13.5. The number of nitrogens with one attached hydrogen (secondary N) is 2. The van der Waals surface area contributed by atoms with Crippen LogP contribution in [0.1, 0.15) is 22.9 Å². The van der Waals surface area contributed by atoms with Gasteiger partial charge in [0, 0.05) is 24.0 Å². The number of rotatable bonds is 15. The molecule has 8 aromatic rings. The van der Waals surface area contributed by atoms with Crippen molar-refractivity contribution in [3.8, 4) is 39.8 Å². The molecule has 0 amide bonds. The molecule has 0 aliphatic carbocycles. The predicted molar refractivity (Wildman–Crippen MR) is 237 cm³/mol. The number of nitrogens with zero attached hydrogens (tertiary/aromatic N) is 2. The van der Waals surface area contributed by atoms with Gasteiger partial charge in [0.15, 0.2) is 11.5 Å². The molecular weight excluding hydrogens is 829 g/mol. The van der Waals surface area contributed by atoms with Gasteiger partial charge in [0.1, 0.15) is 17.1 Å². The van der Waals surface area contributed by atoms with Crippen LogP contribution in [-0.4, -0.2) is 48.1 Å².